The number of hydrogen-bond acceptors (Lipinski definition) is 2. The van der Waals surface area contributed by atoms with Gasteiger partial charge in [-0.2, -0.15) is 0 Å². The minimum atomic E-state index is -0.171. The Balaban J connectivity index is 1.93. The van der Waals surface area contributed by atoms with Crippen molar-refractivity contribution in [1.82, 2.24) is 0 Å². The van der Waals surface area contributed by atoms with Gasteiger partial charge in [-0.3, -0.25) is 0 Å². The van der Waals surface area contributed by atoms with E-state index in [0.717, 1.165) is 37.7 Å². The summed E-state index contributed by atoms with van der Waals surface area (Å²) in [5, 5.41) is 0. The Morgan fingerprint density at radius 3 is 2.60 bits per heavy atom. The normalized spacial score (nSPS) is 24.7. The quantitative estimate of drug-likeness (QED) is 0.650. The third kappa shape index (κ3) is 2.61. The Hall–Kier alpha value is -0.790. The van der Waals surface area contributed by atoms with E-state index < -0.39 is 0 Å². The van der Waals surface area contributed by atoms with Crippen LogP contribution in [0.3, 0.4) is 0 Å². The van der Waals surface area contributed by atoms with Crippen molar-refractivity contribution in [2.75, 3.05) is 0 Å². The van der Waals surface area contributed by atoms with Crippen LogP contribution in [0.15, 0.2) is 11.6 Å². The fourth-order valence-electron chi connectivity index (χ4n) is 2.54. The molecule has 0 radical (unpaired) electrons. The Kier molecular flexibility index (Phi) is 3.13. The summed E-state index contributed by atoms with van der Waals surface area (Å²) in [5.74, 6) is -0.0564. The molecule has 2 nitrogen and oxygen atoms in total. The zero-order valence-corrected chi connectivity index (χ0v) is 9.55. The van der Waals surface area contributed by atoms with Crippen LogP contribution in [0, 0.1) is 0 Å². The number of hydrogen-bond donors (Lipinski definition) is 0. The zero-order chi connectivity index (χ0) is 10.7. The largest absolute Gasteiger partial charge is 0.456 e. The molecule has 1 fully saturated rings. The first-order chi connectivity index (χ1) is 7.20. The first-order valence-corrected chi connectivity index (χ1v) is 6.12. The molecule has 1 saturated carbocycles. The predicted molar refractivity (Wildman–Crippen MR) is 59.5 cm³/mol. The summed E-state index contributed by atoms with van der Waals surface area (Å²) in [4.78, 5) is 11.9. The van der Waals surface area contributed by atoms with Crippen LogP contribution in [-0.4, -0.2) is 11.6 Å². The van der Waals surface area contributed by atoms with Crippen LogP contribution in [0.5, 0.6) is 0 Å². The number of allylic oxidation sites excluding steroid dienone is 1. The van der Waals surface area contributed by atoms with Gasteiger partial charge in [-0.15, -0.1) is 0 Å². The lowest BCUT2D eigenvalue weighted by molar-refractivity contribution is -0.152. The second-order valence-corrected chi connectivity index (χ2v) is 5.02. The monoisotopic (exact) mass is 208 g/mol. The Labute approximate surface area is 91.7 Å². The SMILES string of the molecule is CC1(OC(=O)C2=CCCCC2)CCCC1. The number of carbonyl (C=O) groups excluding carboxylic acids is 1. The van der Waals surface area contributed by atoms with E-state index in [0.29, 0.717) is 0 Å². The van der Waals surface area contributed by atoms with Crippen molar-refractivity contribution >= 4 is 5.97 Å². The van der Waals surface area contributed by atoms with Gasteiger partial charge in [-0.1, -0.05) is 6.08 Å². The Morgan fingerprint density at radius 2 is 2.00 bits per heavy atom. The molecular formula is C13H20O2. The van der Waals surface area contributed by atoms with Gasteiger partial charge in [-0.25, -0.2) is 4.79 Å². The minimum Gasteiger partial charge on any atom is -0.456 e. The molecule has 0 aromatic rings. The molecule has 0 aliphatic heterocycles. The van der Waals surface area contributed by atoms with Crippen LogP contribution in [0.2, 0.25) is 0 Å². The molecule has 0 N–H and O–H groups in total. The number of rotatable bonds is 2. The van der Waals surface area contributed by atoms with Crippen molar-refractivity contribution in [3.8, 4) is 0 Å². The van der Waals surface area contributed by atoms with Crippen molar-refractivity contribution in [1.29, 1.82) is 0 Å². The average Bonchev–Trinajstić information content (AvgIpc) is 2.66. The summed E-state index contributed by atoms with van der Waals surface area (Å²) in [7, 11) is 0. The molecular weight excluding hydrogens is 188 g/mol. The smallest absolute Gasteiger partial charge is 0.334 e. The van der Waals surface area contributed by atoms with Gasteiger partial charge in [0.1, 0.15) is 5.60 Å². The summed E-state index contributed by atoms with van der Waals surface area (Å²) < 4.78 is 5.63. The predicted octanol–water partition coefficient (Wildman–Crippen LogP) is 3.36. The van der Waals surface area contributed by atoms with E-state index in [1.54, 1.807) is 0 Å². The van der Waals surface area contributed by atoms with Crippen molar-refractivity contribution in [3.63, 3.8) is 0 Å². The highest BCUT2D eigenvalue weighted by molar-refractivity contribution is 5.88. The molecule has 0 spiro atoms. The average molecular weight is 208 g/mol. The highest BCUT2D eigenvalue weighted by atomic mass is 16.6. The van der Waals surface area contributed by atoms with E-state index in [1.165, 1.54) is 19.3 Å². The molecule has 0 heterocycles. The summed E-state index contributed by atoms with van der Waals surface area (Å²) in [6, 6.07) is 0. The summed E-state index contributed by atoms with van der Waals surface area (Å²) >= 11 is 0. The van der Waals surface area contributed by atoms with Crippen molar-refractivity contribution in [2.45, 2.75) is 63.9 Å². The van der Waals surface area contributed by atoms with Crippen molar-refractivity contribution in [3.05, 3.63) is 11.6 Å². The fourth-order valence-corrected chi connectivity index (χ4v) is 2.54. The maximum atomic E-state index is 11.9. The maximum absolute atomic E-state index is 11.9. The van der Waals surface area contributed by atoms with E-state index in [2.05, 4.69) is 13.0 Å². The van der Waals surface area contributed by atoms with Crippen LogP contribution >= 0.6 is 0 Å². The topological polar surface area (TPSA) is 26.3 Å². The van der Waals surface area contributed by atoms with Gasteiger partial charge < -0.3 is 4.74 Å². The van der Waals surface area contributed by atoms with Crippen LogP contribution < -0.4 is 0 Å². The first kappa shape index (κ1) is 10.7. The van der Waals surface area contributed by atoms with Gasteiger partial charge in [0.15, 0.2) is 0 Å². The van der Waals surface area contributed by atoms with Crippen LogP contribution in [0.25, 0.3) is 0 Å². The van der Waals surface area contributed by atoms with E-state index in [-0.39, 0.29) is 11.6 Å². The standard InChI is InChI=1S/C13H20O2/c1-13(9-5-6-10-13)15-12(14)11-7-3-2-4-8-11/h7H,2-6,8-10H2,1H3. The van der Waals surface area contributed by atoms with E-state index in [9.17, 15) is 4.79 Å². The molecule has 0 saturated heterocycles. The van der Waals surface area contributed by atoms with E-state index >= 15 is 0 Å². The first-order valence-electron chi connectivity index (χ1n) is 6.12. The summed E-state index contributed by atoms with van der Waals surface area (Å²) in [5.41, 5.74) is 0.740. The molecule has 2 rings (SSSR count). The van der Waals surface area contributed by atoms with Gasteiger partial charge in [-0.05, 0) is 58.3 Å². The lowest BCUT2D eigenvalue weighted by Gasteiger charge is -2.25. The second-order valence-electron chi connectivity index (χ2n) is 5.02. The zero-order valence-electron chi connectivity index (χ0n) is 9.55. The summed E-state index contributed by atoms with van der Waals surface area (Å²) in [6.45, 7) is 2.07. The third-order valence-electron chi connectivity index (χ3n) is 3.55. The van der Waals surface area contributed by atoms with Gasteiger partial charge in [0.25, 0.3) is 0 Å². The molecule has 0 atom stereocenters. The number of carbonyl (C=O) groups is 1. The molecule has 0 bridgehead atoms. The number of ether oxygens (including phenoxy) is 1. The Morgan fingerprint density at radius 1 is 1.27 bits per heavy atom. The lowest BCUT2D eigenvalue weighted by atomic mass is 9.99. The van der Waals surface area contributed by atoms with Crippen LogP contribution in [0.1, 0.15) is 58.3 Å². The Bertz CT molecular complexity index is 272. The molecule has 0 aromatic carbocycles. The van der Waals surface area contributed by atoms with Crippen molar-refractivity contribution in [2.24, 2.45) is 0 Å². The van der Waals surface area contributed by atoms with Crippen LogP contribution in [-0.2, 0) is 9.53 Å². The highest BCUT2D eigenvalue weighted by Gasteiger charge is 2.33. The van der Waals surface area contributed by atoms with Crippen molar-refractivity contribution < 1.29 is 9.53 Å². The molecule has 0 amide bonds. The molecule has 84 valence electrons. The minimum absolute atomic E-state index is 0.0564. The molecule has 2 aliphatic rings. The van der Waals surface area contributed by atoms with Gasteiger partial charge in [0.05, 0.1) is 0 Å². The van der Waals surface area contributed by atoms with Crippen LogP contribution in [0.4, 0.5) is 0 Å². The van der Waals surface area contributed by atoms with Gasteiger partial charge in [0, 0.05) is 5.57 Å². The molecule has 2 aliphatic carbocycles. The van der Waals surface area contributed by atoms with Gasteiger partial charge in [0.2, 0.25) is 0 Å². The fraction of sp³-hybridized carbons (Fsp3) is 0.769. The molecule has 2 heteroatoms. The molecule has 0 unspecified atom stereocenters. The molecule has 0 aromatic heterocycles. The number of esters is 1. The summed E-state index contributed by atoms with van der Waals surface area (Å²) in [6.07, 6.45) is 10.8. The lowest BCUT2D eigenvalue weighted by Crippen LogP contribution is -2.29. The third-order valence-corrected chi connectivity index (χ3v) is 3.55. The molecule has 15 heavy (non-hydrogen) atoms. The highest BCUT2D eigenvalue weighted by Crippen LogP contribution is 2.34. The van der Waals surface area contributed by atoms with Gasteiger partial charge >= 0.3 is 5.97 Å². The maximum Gasteiger partial charge on any atom is 0.334 e. The van der Waals surface area contributed by atoms with E-state index in [4.69, 9.17) is 4.74 Å². The second kappa shape index (κ2) is 4.38. The van der Waals surface area contributed by atoms with E-state index in [1.807, 2.05) is 0 Å².